The van der Waals surface area contributed by atoms with Gasteiger partial charge in [-0.05, 0) is 31.5 Å². The van der Waals surface area contributed by atoms with Gasteiger partial charge in [0.15, 0.2) is 0 Å². The standard InChI is InChI=1S/C13H17NO4/c1-3-17-12(15)9-10-6-5-7-11(8-10)14-13(16)18-4-2/h5-8H,3-4,9H2,1-2H3,(H,14,16). The molecule has 1 aromatic carbocycles. The monoisotopic (exact) mass is 251 g/mol. The van der Waals surface area contributed by atoms with Crippen LogP contribution in [0.5, 0.6) is 0 Å². The second kappa shape index (κ2) is 7.32. The predicted octanol–water partition coefficient (Wildman–Crippen LogP) is 2.36. The van der Waals surface area contributed by atoms with Crippen LogP contribution in [0.4, 0.5) is 10.5 Å². The van der Waals surface area contributed by atoms with Crippen molar-refractivity contribution in [2.75, 3.05) is 18.5 Å². The van der Waals surface area contributed by atoms with E-state index >= 15 is 0 Å². The van der Waals surface area contributed by atoms with E-state index in [2.05, 4.69) is 5.32 Å². The molecule has 0 aliphatic carbocycles. The Balaban J connectivity index is 2.61. The molecular formula is C13H17NO4. The summed E-state index contributed by atoms with van der Waals surface area (Å²) >= 11 is 0. The van der Waals surface area contributed by atoms with E-state index in [9.17, 15) is 9.59 Å². The zero-order chi connectivity index (χ0) is 13.4. The van der Waals surface area contributed by atoms with E-state index in [-0.39, 0.29) is 12.4 Å². The van der Waals surface area contributed by atoms with E-state index in [0.717, 1.165) is 5.56 Å². The molecule has 0 atom stereocenters. The fourth-order valence-corrected chi connectivity index (χ4v) is 1.42. The highest BCUT2D eigenvalue weighted by molar-refractivity contribution is 5.85. The zero-order valence-corrected chi connectivity index (χ0v) is 10.6. The summed E-state index contributed by atoms with van der Waals surface area (Å²) in [4.78, 5) is 22.5. The van der Waals surface area contributed by atoms with Crippen molar-refractivity contribution in [3.05, 3.63) is 29.8 Å². The molecule has 1 N–H and O–H groups in total. The van der Waals surface area contributed by atoms with Crippen molar-refractivity contribution < 1.29 is 19.1 Å². The molecule has 0 unspecified atom stereocenters. The highest BCUT2D eigenvalue weighted by Crippen LogP contribution is 2.12. The molecule has 0 spiro atoms. The van der Waals surface area contributed by atoms with Crippen LogP contribution in [-0.4, -0.2) is 25.3 Å². The topological polar surface area (TPSA) is 64.6 Å². The van der Waals surface area contributed by atoms with Gasteiger partial charge in [0.1, 0.15) is 0 Å². The first-order valence-electron chi connectivity index (χ1n) is 5.84. The maximum Gasteiger partial charge on any atom is 0.411 e. The Morgan fingerprint density at radius 1 is 1.17 bits per heavy atom. The number of carbonyl (C=O) groups excluding carboxylic acids is 2. The Bertz CT molecular complexity index is 382. The lowest BCUT2D eigenvalue weighted by Gasteiger charge is -2.07. The number of hydrogen-bond donors (Lipinski definition) is 1. The van der Waals surface area contributed by atoms with Gasteiger partial charge in [-0.15, -0.1) is 0 Å². The second-order valence-corrected chi connectivity index (χ2v) is 3.53. The summed E-state index contributed by atoms with van der Waals surface area (Å²) in [5.74, 6) is -0.286. The van der Waals surface area contributed by atoms with E-state index in [1.807, 2.05) is 0 Å². The summed E-state index contributed by atoms with van der Waals surface area (Å²) in [6, 6.07) is 7.00. The molecule has 0 radical (unpaired) electrons. The quantitative estimate of drug-likeness (QED) is 0.816. The lowest BCUT2D eigenvalue weighted by Crippen LogP contribution is -2.13. The van der Waals surface area contributed by atoms with Crippen LogP contribution in [0.15, 0.2) is 24.3 Å². The molecule has 0 heterocycles. The van der Waals surface area contributed by atoms with Crippen LogP contribution < -0.4 is 5.32 Å². The van der Waals surface area contributed by atoms with Crippen molar-refractivity contribution in [2.24, 2.45) is 0 Å². The molecule has 5 heteroatoms. The third-order valence-corrected chi connectivity index (χ3v) is 2.10. The minimum absolute atomic E-state index is 0.187. The molecule has 0 saturated carbocycles. The van der Waals surface area contributed by atoms with Crippen molar-refractivity contribution in [1.29, 1.82) is 0 Å². The molecule has 0 fully saturated rings. The fourth-order valence-electron chi connectivity index (χ4n) is 1.42. The van der Waals surface area contributed by atoms with Gasteiger partial charge in [0.25, 0.3) is 0 Å². The molecule has 1 aromatic rings. The number of hydrogen-bond acceptors (Lipinski definition) is 4. The Kier molecular flexibility index (Phi) is 5.70. The van der Waals surface area contributed by atoms with Crippen LogP contribution in [-0.2, 0) is 20.7 Å². The van der Waals surface area contributed by atoms with Gasteiger partial charge in [0.2, 0.25) is 0 Å². The molecule has 0 bridgehead atoms. The summed E-state index contributed by atoms with van der Waals surface area (Å²) < 4.78 is 9.62. The molecular weight excluding hydrogens is 234 g/mol. The molecule has 0 saturated heterocycles. The number of anilines is 1. The van der Waals surface area contributed by atoms with Crippen LogP contribution in [0.3, 0.4) is 0 Å². The smallest absolute Gasteiger partial charge is 0.411 e. The normalized spacial score (nSPS) is 9.67. The number of esters is 1. The summed E-state index contributed by atoms with van der Waals surface area (Å²) in [7, 11) is 0. The molecule has 1 rings (SSSR count). The first kappa shape index (κ1) is 14.0. The van der Waals surface area contributed by atoms with Crippen molar-refractivity contribution >= 4 is 17.7 Å². The van der Waals surface area contributed by atoms with E-state index in [0.29, 0.717) is 18.9 Å². The first-order valence-corrected chi connectivity index (χ1v) is 5.84. The predicted molar refractivity (Wildman–Crippen MR) is 67.4 cm³/mol. The average Bonchev–Trinajstić information content (AvgIpc) is 2.29. The van der Waals surface area contributed by atoms with Crippen LogP contribution >= 0.6 is 0 Å². The average molecular weight is 251 g/mol. The first-order chi connectivity index (χ1) is 8.65. The summed E-state index contributed by atoms with van der Waals surface area (Å²) in [5, 5.41) is 2.58. The Morgan fingerprint density at radius 3 is 2.56 bits per heavy atom. The fraction of sp³-hybridized carbons (Fsp3) is 0.385. The molecule has 0 aromatic heterocycles. The number of ether oxygens (including phenoxy) is 2. The Hall–Kier alpha value is -2.04. The van der Waals surface area contributed by atoms with Gasteiger partial charge < -0.3 is 9.47 Å². The van der Waals surface area contributed by atoms with Crippen molar-refractivity contribution in [3.63, 3.8) is 0 Å². The number of amides is 1. The molecule has 18 heavy (non-hydrogen) atoms. The third-order valence-electron chi connectivity index (χ3n) is 2.10. The van der Waals surface area contributed by atoms with Gasteiger partial charge >= 0.3 is 12.1 Å². The molecule has 1 amide bonds. The van der Waals surface area contributed by atoms with Crippen molar-refractivity contribution in [3.8, 4) is 0 Å². The Labute approximate surface area is 106 Å². The van der Waals surface area contributed by atoms with Gasteiger partial charge in [-0.2, -0.15) is 0 Å². The molecule has 0 aliphatic heterocycles. The highest BCUT2D eigenvalue weighted by Gasteiger charge is 2.06. The number of nitrogens with one attached hydrogen (secondary N) is 1. The van der Waals surface area contributed by atoms with Gasteiger partial charge in [0, 0.05) is 5.69 Å². The van der Waals surface area contributed by atoms with E-state index in [1.165, 1.54) is 0 Å². The van der Waals surface area contributed by atoms with Crippen molar-refractivity contribution in [2.45, 2.75) is 20.3 Å². The van der Waals surface area contributed by atoms with E-state index in [1.54, 1.807) is 38.1 Å². The third kappa shape index (κ3) is 4.86. The van der Waals surface area contributed by atoms with Gasteiger partial charge in [-0.1, -0.05) is 12.1 Å². The van der Waals surface area contributed by atoms with Gasteiger partial charge in [-0.25, -0.2) is 4.79 Å². The maximum absolute atomic E-state index is 11.3. The second-order valence-electron chi connectivity index (χ2n) is 3.53. The summed E-state index contributed by atoms with van der Waals surface area (Å²) in [5.41, 5.74) is 1.37. The molecule has 0 aliphatic rings. The minimum Gasteiger partial charge on any atom is -0.466 e. The zero-order valence-electron chi connectivity index (χ0n) is 10.6. The largest absolute Gasteiger partial charge is 0.466 e. The summed E-state index contributed by atoms with van der Waals surface area (Å²) in [6.45, 7) is 4.17. The number of rotatable bonds is 5. The van der Waals surface area contributed by atoms with Crippen LogP contribution in [0, 0.1) is 0 Å². The van der Waals surface area contributed by atoms with E-state index in [4.69, 9.17) is 9.47 Å². The van der Waals surface area contributed by atoms with Crippen LogP contribution in [0.2, 0.25) is 0 Å². The molecule has 98 valence electrons. The Morgan fingerprint density at radius 2 is 1.89 bits per heavy atom. The SMILES string of the molecule is CCOC(=O)Cc1cccc(NC(=O)OCC)c1. The van der Waals surface area contributed by atoms with Gasteiger partial charge in [-0.3, -0.25) is 10.1 Å². The van der Waals surface area contributed by atoms with Gasteiger partial charge in [0.05, 0.1) is 19.6 Å². The lowest BCUT2D eigenvalue weighted by atomic mass is 10.1. The highest BCUT2D eigenvalue weighted by atomic mass is 16.5. The number of carbonyl (C=O) groups is 2. The number of benzene rings is 1. The minimum atomic E-state index is -0.509. The van der Waals surface area contributed by atoms with E-state index < -0.39 is 6.09 Å². The lowest BCUT2D eigenvalue weighted by molar-refractivity contribution is -0.142. The maximum atomic E-state index is 11.3. The van der Waals surface area contributed by atoms with Crippen LogP contribution in [0.25, 0.3) is 0 Å². The summed E-state index contributed by atoms with van der Waals surface area (Å²) in [6.07, 6.45) is -0.322. The van der Waals surface area contributed by atoms with Crippen molar-refractivity contribution in [1.82, 2.24) is 0 Å². The molecule has 5 nitrogen and oxygen atoms in total. The van der Waals surface area contributed by atoms with Crippen LogP contribution in [0.1, 0.15) is 19.4 Å².